The number of thioether (sulfide) groups is 1. The molecule has 2 aromatic rings. The van der Waals surface area contributed by atoms with E-state index in [4.69, 9.17) is 9.47 Å². The van der Waals surface area contributed by atoms with Gasteiger partial charge in [0.1, 0.15) is 12.4 Å². The Bertz CT molecular complexity index is 1010. The van der Waals surface area contributed by atoms with Crippen molar-refractivity contribution in [2.24, 2.45) is 0 Å². The van der Waals surface area contributed by atoms with E-state index in [0.717, 1.165) is 35.6 Å². The molecule has 0 aromatic heterocycles. The van der Waals surface area contributed by atoms with E-state index < -0.39 is 12.1 Å². The maximum Gasteiger partial charge on any atom is 0.333 e. The standard InChI is InChI=1S/C30H42N2O5S/c1-3-5-6-19-38-20-17-32(30(35)31-26-13-12-24-8-7-9-25(24)22-26)16-18-37-27-14-10-23(11-15-27)21-28(29(33)34)36-4-2/h10-15,22,28H,3-9,16-21H2,1-2H3,(H,31,35)(H,33,34). The van der Waals surface area contributed by atoms with Gasteiger partial charge < -0.3 is 24.8 Å². The van der Waals surface area contributed by atoms with Gasteiger partial charge in [0.05, 0.1) is 6.54 Å². The van der Waals surface area contributed by atoms with Crippen molar-refractivity contribution in [2.75, 3.05) is 43.1 Å². The molecule has 208 valence electrons. The normalized spacial score (nSPS) is 13.1. The summed E-state index contributed by atoms with van der Waals surface area (Å²) >= 11 is 1.89. The molecular weight excluding hydrogens is 500 g/mol. The zero-order valence-corrected chi connectivity index (χ0v) is 23.6. The molecule has 2 aromatic carbocycles. The zero-order chi connectivity index (χ0) is 27.2. The van der Waals surface area contributed by atoms with Crippen molar-refractivity contribution >= 4 is 29.4 Å². The van der Waals surface area contributed by atoms with Crippen LogP contribution in [0.25, 0.3) is 0 Å². The van der Waals surface area contributed by atoms with Crippen LogP contribution in [0.1, 0.15) is 56.2 Å². The van der Waals surface area contributed by atoms with Crippen molar-refractivity contribution < 1.29 is 24.2 Å². The SMILES string of the molecule is CCCCCSCCN(CCOc1ccc(CC(OCC)C(=O)O)cc1)C(=O)Nc1ccc2c(c1)CCC2. The summed E-state index contributed by atoms with van der Waals surface area (Å²) in [7, 11) is 0. The third-order valence-electron chi connectivity index (χ3n) is 6.65. The fourth-order valence-electron chi connectivity index (χ4n) is 4.53. The van der Waals surface area contributed by atoms with Gasteiger partial charge in [0.15, 0.2) is 6.10 Å². The molecule has 0 bridgehead atoms. The Morgan fingerprint density at radius 1 is 1.03 bits per heavy atom. The number of unbranched alkanes of at least 4 members (excludes halogenated alkanes) is 2. The van der Waals surface area contributed by atoms with Crippen LogP contribution in [0.4, 0.5) is 10.5 Å². The molecule has 1 unspecified atom stereocenters. The first-order valence-corrected chi connectivity index (χ1v) is 15.0. The van der Waals surface area contributed by atoms with Gasteiger partial charge in [-0.05, 0) is 79.3 Å². The van der Waals surface area contributed by atoms with Crippen molar-refractivity contribution in [3.8, 4) is 5.75 Å². The molecule has 0 fully saturated rings. The van der Waals surface area contributed by atoms with Gasteiger partial charge in [0, 0.05) is 31.0 Å². The number of hydrogen-bond acceptors (Lipinski definition) is 5. The van der Waals surface area contributed by atoms with Crippen LogP contribution in [0, 0.1) is 0 Å². The molecule has 0 saturated carbocycles. The number of aryl methyl sites for hydroxylation is 2. The van der Waals surface area contributed by atoms with E-state index in [-0.39, 0.29) is 6.03 Å². The van der Waals surface area contributed by atoms with Crippen LogP contribution < -0.4 is 10.1 Å². The van der Waals surface area contributed by atoms with Crippen LogP contribution in [-0.2, 0) is 28.8 Å². The smallest absolute Gasteiger partial charge is 0.333 e. The highest BCUT2D eigenvalue weighted by molar-refractivity contribution is 7.99. The van der Waals surface area contributed by atoms with Gasteiger partial charge in [-0.15, -0.1) is 0 Å². The topological polar surface area (TPSA) is 88.1 Å². The second-order valence-corrected chi connectivity index (χ2v) is 10.8. The minimum atomic E-state index is -0.964. The van der Waals surface area contributed by atoms with E-state index in [1.807, 2.05) is 47.0 Å². The Kier molecular flexibility index (Phi) is 12.8. The van der Waals surface area contributed by atoms with Crippen LogP contribution in [0.3, 0.4) is 0 Å². The number of carbonyl (C=O) groups is 2. The first-order valence-electron chi connectivity index (χ1n) is 13.8. The number of ether oxygens (including phenoxy) is 2. The molecule has 2 amide bonds. The van der Waals surface area contributed by atoms with Crippen molar-refractivity contribution in [1.82, 2.24) is 4.90 Å². The predicted octanol–water partition coefficient (Wildman–Crippen LogP) is 6.04. The lowest BCUT2D eigenvalue weighted by atomic mass is 10.1. The molecule has 1 atom stereocenters. The Morgan fingerprint density at radius 2 is 1.82 bits per heavy atom. The number of carbonyl (C=O) groups excluding carboxylic acids is 1. The van der Waals surface area contributed by atoms with Gasteiger partial charge in [-0.25, -0.2) is 9.59 Å². The molecule has 0 saturated heterocycles. The summed E-state index contributed by atoms with van der Waals surface area (Å²) in [6.45, 7) is 5.84. The Labute approximate surface area is 231 Å². The van der Waals surface area contributed by atoms with Gasteiger partial charge in [0.2, 0.25) is 0 Å². The van der Waals surface area contributed by atoms with Gasteiger partial charge in [-0.1, -0.05) is 38.0 Å². The van der Waals surface area contributed by atoms with Crippen LogP contribution in [-0.4, -0.2) is 65.9 Å². The highest BCUT2D eigenvalue weighted by Crippen LogP contribution is 2.25. The number of nitrogens with one attached hydrogen (secondary N) is 1. The van der Waals surface area contributed by atoms with Gasteiger partial charge in [0.25, 0.3) is 0 Å². The Hall–Kier alpha value is -2.71. The quantitative estimate of drug-likeness (QED) is 0.237. The summed E-state index contributed by atoms with van der Waals surface area (Å²) in [4.78, 5) is 26.3. The predicted molar refractivity (Wildman–Crippen MR) is 155 cm³/mol. The van der Waals surface area contributed by atoms with Crippen molar-refractivity contribution in [2.45, 2.75) is 64.9 Å². The lowest BCUT2D eigenvalue weighted by Gasteiger charge is -2.23. The molecule has 1 aliphatic carbocycles. The van der Waals surface area contributed by atoms with E-state index in [9.17, 15) is 14.7 Å². The Balaban J connectivity index is 1.52. The molecule has 1 aliphatic rings. The summed E-state index contributed by atoms with van der Waals surface area (Å²) in [6.07, 6.45) is 6.48. The lowest BCUT2D eigenvalue weighted by molar-refractivity contribution is -0.149. The molecule has 2 N–H and O–H groups in total. The number of benzene rings is 2. The Morgan fingerprint density at radius 3 is 2.55 bits per heavy atom. The second-order valence-electron chi connectivity index (χ2n) is 9.55. The molecule has 3 rings (SSSR count). The average Bonchev–Trinajstić information content (AvgIpc) is 3.38. The number of fused-ring (bicyclic) bond motifs is 1. The summed E-state index contributed by atoms with van der Waals surface area (Å²) < 4.78 is 11.2. The van der Waals surface area contributed by atoms with E-state index in [0.29, 0.717) is 38.5 Å². The number of carboxylic acids is 1. The summed E-state index contributed by atoms with van der Waals surface area (Å²) in [6, 6.07) is 13.5. The zero-order valence-electron chi connectivity index (χ0n) is 22.7. The van der Waals surface area contributed by atoms with Crippen molar-refractivity contribution in [3.05, 3.63) is 59.2 Å². The largest absolute Gasteiger partial charge is 0.492 e. The lowest BCUT2D eigenvalue weighted by Crippen LogP contribution is -2.39. The monoisotopic (exact) mass is 542 g/mol. The molecule has 8 heteroatoms. The fraction of sp³-hybridized carbons (Fsp3) is 0.533. The number of rotatable bonds is 17. The molecule has 7 nitrogen and oxygen atoms in total. The number of anilines is 1. The van der Waals surface area contributed by atoms with Gasteiger partial charge in [-0.3, -0.25) is 0 Å². The molecule has 0 radical (unpaired) electrons. The number of urea groups is 1. The third kappa shape index (κ3) is 9.87. The molecule has 38 heavy (non-hydrogen) atoms. The number of nitrogens with zero attached hydrogens (tertiary/aromatic N) is 1. The minimum absolute atomic E-state index is 0.105. The van der Waals surface area contributed by atoms with Gasteiger partial charge in [-0.2, -0.15) is 11.8 Å². The maximum absolute atomic E-state index is 13.2. The first kappa shape index (κ1) is 29.8. The van der Waals surface area contributed by atoms with Crippen LogP contribution in [0.15, 0.2) is 42.5 Å². The molecule has 0 heterocycles. The van der Waals surface area contributed by atoms with Crippen LogP contribution in [0.2, 0.25) is 0 Å². The third-order valence-corrected chi connectivity index (χ3v) is 7.70. The van der Waals surface area contributed by atoms with Crippen LogP contribution in [0.5, 0.6) is 5.75 Å². The highest BCUT2D eigenvalue weighted by atomic mass is 32.2. The van der Waals surface area contributed by atoms with E-state index in [1.54, 1.807) is 6.92 Å². The van der Waals surface area contributed by atoms with Gasteiger partial charge >= 0.3 is 12.0 Å². The summed E-state index contributed by atoms with van der Waals surface area (Å²) in [5.41, 5.74) is 4.44. The molecule has 0 spiro atoms. The number of aliphatic carboxylic acids is 1. The van der Waals surface area contributed by atoms with Crippen LogP contribution >= 0.6 is 11.8 Å². The maximum atomic E-state index is 13.2. The second kappa shape index (κ2) is 16.3. The minimum Gasteiger partial charge on any atom is -0.492 e. The van der Waals surface area contributed by atoms with E-state index in [2.05, 4.69) is 24.4 Å². The van der Waals surface area contributed by atoms with Crippen molar-refractivity contribution in [3.63, 3.8) is 0 Å². The number of carboxylic acid groups (broad SMARTS) is 1. The summed E-state index contributed by atoms with van der Waals surface area (Å²) in [5, 5.41) is 12.4. The highest BCUT2D eigenvalue weighted by Gasteiger charge is 2.18. The van der Waals surface area contributed by atoms with Crippen molar-refractivity contribution in [1.29, 1.82) is 0 Å². The first-order chi connectivity index (χ1) is 18.5. The number of hydrogen-bond donors (Lipinski definition) is 2. The fourth-order valence-corrected chi connectivity index (χ4v) is 5.49. The van der Waals surface area contributed by atoms with E-state index >= 15 is 0 Å². The average molecular weight is 543 g/mol. The summed E-state index contributed by atoms with van der Waals surface area (Å²) in [5.74, 6) is 1.72. The molecule has 0 aliphatic heterocycles. The van der Waals surface area contributed by atoms with E-state index in [1.165, 1.54) is 36.8 Å². The number of amides is 2. The molecular formula is C30H42N2O5S.